The van der Waals surface area contributed by atoms with Crippen LogP contribution in [0.2, 0.25) is 25.1 Å². The average molecular weight is 495 g/mol. The van der Waals surface area contributed by atoms with Crippen molar-refractivity contribution in [3.8, 4) is 11.8 Å². The van der Waals surface area contributed by atoms with Crippen LogP contribution in [0.3, 0.4) is 0 Å². The number of aryl methyl sites for hydroxylation is 1. The van der Waals surface area contributed by atoms with Gasteiger partial charge in [-0.3, -0.25) is 9.48 Å². The Labute approximate surface area is 189 Å². The molecule has 0 aliphatic rings. The third kappa shape index (κ3) is 4.27. The van der Waals surface area contributed by atoms with Gasteiger partial charge in [-0.05, 0) is 12.1 Å². The second-order valence-corrected chi connectivity index (χ2v) is 7.44. The summed E-state index contributed by atoms with van der Waals surface area (Å²) in [6.45, 7) is -0.115. The van der Waals surface area contributed by atoms with Crippen molar-refractivity contribution in [3.63, 3.8) is 0 Å². The van der Waals surface area contributed by atoms with Gasteiger partial charge in [-0.15, -0.1) is 0 Å². The van der Waals surface area contributed by atoms with Crippen molar-refractivity contribution in [1.82, 2.24) is 9.78 Å². The maximum atomic E-state index is 12.4. The van der Waals surface area contributed by atoms with E-state index in [-0.39, 0.29) is 54.6 Å². The Morgan fingerprint density at radius 3 is 2.41 bits per heavy atom. The number of rotatable bonds is 5. The minimum absolute atomic E-state index is 0.00159. The molecule has 0 unspecified atom stereocenters. The number of aromatic nitrogens is 2. The van der Waals surface area contributed by atoms with E-state index >= 15 is 0 Å². The molecule has 12 heteroatoms. The summed E-state index contributed by atoms with van der Waals surface area (Å²) < 4.78 is 12.4. The topological polar surface area (TPSA) is 93.1 Å². The zero-order chi connectivity index (χ0) is 21.3. The van der Waals surface area contributed by atoms with Crippen LogP contribution < -0.4 is 10.1 Å². The summed E-state index contributed by atoms with van der Waals surface area (Å²) in [4.78, 5) is 12.4. The molecule has 3 rings (SSSR count). The molecule has 3 aromatic rings. The lowest BCUT2D eigenvalue weighted by Crippen LogP contribution is -2.14. The Bertz CT molecular complexity index is 1120. The average Bonchev–Trinajstić information content (AvgIpc) is 3.32. The Hall–Kier alpha value is -2.08. The fourth-order valence-electron chi connectivity index (χ4n) is 2.27. The third-order valence-corrected chi connectivity index (χ3v) is 5.95. The molecule has 0 fully saturated rings. The summed E-state index contributed by atoms with van der Waals surface area (Å²) in [5.41, 5.74) is 0.219. The molecule has 1 N–H and O–H groups in total. The Morgan fingerprint density at radius 1 is 1.17 bits per heavy atom. The second-order valence-electron chi connectivity index (χ2n) is 5.55. The lowest BCUT2D eigenvalue weighted by atomic mass is 10.3. The first-order chi connectivity index (χ1) is 13.7. The predicted molar refractivity (Wildman–Crippen MR) is 110 cm³/mol. The van der Waals surface area contributed by atoms with Crippen LogP contribution in [0.4, 0.5) is 5.82 Å². The van der Waals surface area contributed by atoms with Crippen molar-refractivity contribution >= 4 is 69.7 Å². The van der Waals surface area contributed by atoms with Gasteiger partial charge in [0.15, 0.2) is 11.5 Å². The lowest BCUT2D eigenvalue weighted by molar-refractivity contribution is 0.0991. The van der Waals surface area contributed by atoms with Crippen LogP contribution in [0.5, 0.6) is 5.75 Å². The van der Waals surface area contributed by atoms with E-state index in [9.17, 15) is 4.79 Å². The maximum Gasteiger partial charge on any atom is 0.292 e. The number of benzene rings is 1. The second kappa shape index (κ2) is 8.74. The minimum Gasteiger partial charge on any atom is -0.482 e. The number of hydrogen-bond acceptors (Lipinski definition) is 5. The number of anilines is 1. The van der Waals surface area contributed by atoms with Gasteiger partial charge in [0.2, 0.25) is 0 Å². The van der Waals surface area contributed by atoms with Crippen molar-refractivity contribution in [3.05, 3.63) is 60.5 Å². The number of ether oxygens (including phenoxy) is 1. The summed E-state index contributed by atoms with van der Waals surface area (Å²) in [6, 6.07) is 4.91. The summed E-state index contributed by atoms with van der Waals surface area (Å²) in [7, 11) is 1.59. The van der Waals surface area contributed by atoms with E-state index in [2.05, 4.69) is 10.4 Å². The number of carbonyl (C=O) groups excluding carboxylic acids is 1. The van der Waals surface area contributed by atoms with E-state index in [4.69, 9.17) is 72.4 Å². The standard InChI is InChI=1S/C17H9Cl5N4O3/c1-26-16(7(4-23)5-24-26)25-17(27)9-3-2-8(29-9)6-28-15-13(21)11(19)10(18)12(20)14(15)22/h2-3,5H,6H2,1H3,(H,25,27). The molecule has 29 heavy (non-hydrogen) atoms. The molecule has 0 aliphatic carbocycles. The van der Waals surface area contributed by atoms with Gasteiger partial charge >= 0.3 is 0 Å². The van der Waals surface area contributed by atoms with E-state index in [0.29, 0.717) is 5.76 Å². The molecule has 1 aromatic carbocycles. The molecular formula is C17H9Cl5N4O3. The minimum atomic E-state index is -0.565. The van der Waals surface area contributed by atoms with Gasteiger partial charge in [-0.25, -0.2) is 0 Å². The number of carbonyl (C=O) groups is 1. The van der Waals surface area contributed by atoms with Crippen molar-refractivity contribution < 1.29 is 13.9 Å². The summed E-state index contributed by atoms with van der Waals surface area (Å²) in [5, 5.41) is 15.5. The molecule has 0 saturated carbocycles. The molecule has 0 aliphatic heterocycles. The predicted octanol–water partition coefficient (Wildman–Crippen LogP) is 5.98. The number of nitrogens with one attached hydrogen (secondary N) is 1. The van der Waals surface area contributed by atoms with Crippen molar-refractivity contribution in [2.24, 2.45) is 7.05 Å². The van der Waals surface area contributed by atoms with Crippen molar-refractivity contribution in [1.29, 1.82) is 5.26 Å². The Kier molecular flexibility index (Phi) is 6.52. The molecule has 0 radical (unpaired) electrons. The number of nitrogens with zero attached hydrogens (tertiary/aromatic N) is 3. The molecule has 7 nitrogen and oxygen atoms in total. The highest BCUT2D eigenvalue weighted by molar-refractivity contribution is 6.55. The van der Waals surface area contributed by atoms with E-state index in [0.717, 1.165) is 0 Å². The fourth-order valence-corrected chi connectivity index (χ4v) is 3.50. The van der Waals surface area contributed by atoms with E-state index in [1.165, 1.54) is 23.0 Å². The largest absolute Gasteiger partial charge is 0.482 e. The SMILES string of the molecule is Cn1ncc(C#N)c1NC(=O)c1ccc(COc2c(Cl)c(Cl)c(Cl)c(Cl)c2Cl)o1. The van der Waals surface area contributed by atoms with Gasteiger partial charge in [0, 0.05) is 7.05 Å². The molecule has 150 valence electrons. The molecular weight excluding hydrogens is 485 g/mol. The van der Waals surface area contributed by atoms with Crippen molar-refractivity contribution in [2.75, 3.05) is 5.32 Å². The third-order valence-electron chi connectivity index (χ3n) is 3.70. The number of hydrogen-bond donors (Lipinski definition) is 1. The van der Waals surface area contributed by atoms with E-state index in [1.807, 2.05) is 6.07 Å². The quantitative estimate of drug-likeness (QED) is 0.348. The molecule has 2 heterocycles. The Morgan fingerprint density at radius 2 is 1.79 bits per heavy atom. The highest BCUT2D eigenvalue weighted by Crippen LogP contribution is 2.48. The highest BCUT2D eigenvalue weighted by atomic mass is 35.5. The van der Waals surface area contributed by atoms with Gasteiger partial charge in [0.05, 0.1) is 21.3 Å². The zero-order valence-electron chi connectivity index (χ0n) is 14.4. The van der Waals surface area contributed by atoms with Crippen LogP contribution in [-0.2, 0) is 13.7 Å². The van der Waals surface area contributed by atoms with Gasteiger partial charge in [-0.1, -0.05) is 58.0 Å². The van der Waals surface area contributed by atoms with Crippen LogP contribution in [0.25, 0.3) is 0 Å². The molecule has 0 bridgehead atoms. The number of furan rings is 1. The van der Waals surface area contributed by atoms with Crippen LogP contribution in [0.15, 0.2) is 22.7 Å². The molecule has 0 spiro atoms. The van der Waals surface area contributed by atoms with Gasteiger partial charge in [0.25, 0.3) is 5.91 Å². The molecule has 0 atom stereocenters. The van der Waals surface area contributed by atoms with Crippen LogP contribution in [0.1, 0.15) is 21.9 Å². The summed E-state index contributed by atoms with van der Waals surface area (Å²) in [6.07, 6.45) is 1.34. The number of halogens is 5. The summed E-state index contributed by atoms with van der Waals surface area (Å²) in [5.74, 6) is 0.0115. The first kappa shape index (κ1) is 21.6. The highest BCUT2D eigenvalue weighted by Gasteiger charge is 2.21. The zero-order valence-corrected chi connectivity index (χ0v) is 18.2. The number of nitriles is 1. The first-order valence-corrected chi connectivity index (χ1v) is 9.60. The normalized spacial score (nSPS) is 10.7. The monoisotopic (exact) mass is 492 g/mol. The number of amides is 1. The van der Waals surface area contributed by atoms with Crippen LogP contribution >= 0.6 is 58.0 Å². The fraction of sp³-hybridized carbons (Fsp3) is 0.118. The smallest absolute Gasteiger partial charge is 0.292 e. The van der Waals surface area contributed by atoms with Crippen molar-refractivity contribution in [2.45, 2.75) is 6.61 Å². The molecule has 1 amide bonds. The summed E-state index contributed by atoms with van der Waals surface area (Å²) >= 11 is 30.1. The molecule has 2 aromatic heterocycles. The van der Waals surface area contributed by atoms with Gasteiger partial charge in [0.1, 0.15) is 39.9 Å². The van der Waals surface area contributed by atoms with Gasteiger partial charge in [-0.2, -0.15) is 10.4 Å². The van der Waals surface area contributed by atoms with E-state index < -0.39 is 5.91 Å². The maximum absolute atomic E-state index is 12.4. The van der Waals surface area contributed by atoms with Crippen LogP contribution in [-0.4, -0.2) is 15.7 Å². The lowest BCUT2D eigenvalue weighted by Gasteiger charge is -2.12. The first-order valence-electron chi connectivity index (χ1n) is 7.71. The molecule has 0 saturated heterocycles. The van der Waals surface area contributed by atoms with Crippen LogP contribution in [0, 0.1) is 11.3 Å². The van der Waals surface area contributed by atoms with E-state index in [1.54, 1.807) is 7.05 Å². The van der Waals surface area contributed by atoms with Gasteiger partial charge < -0.3 is 14.5 Å². The Balaban J connectivity index is 1.74.